The number of nitrogens with zero attached hydrogens (tertiary/aromatic N) is 1. The van der Waals surface area contributed by atoms with Gasteiger partial charge >= 0.3 is 5.97 Å². The Kier molecular flexibility index (Phi) is 3.40. The minimum absolute atomic E-state index is 0.0200. The molecule has 4 heteroatoms. The van der Waals surface area contributed by atoms with Gasteiger partial charge in [-0.05, 0) is 18.6 Å². The molecule has 1 aromatic rings. The van der Waals surface area contributed by atoms with Crippen LogP contribution in [0.25, 0.3) is 0 Å². The van der Waals surface area contributed by atoms with Gasteiger partial charge in [0, 0.05) is 18.4 Å². The third-order valence-corrected chi connectivity index (χ3v) is 1.58. The Balaban J connectivity index is 2.37. The van der Waals surface area contributed by atoms with E-state index >= 15 is 0 Å². The largest absolute Gasteiger partial charge is 0.480 e. The summed E-state index contributed by atoms with van der Waals surface area (Å²) in [5.74, 6) is -0.847. The van der Waals surface area contributed by atoms with Crippen molar-refractivity contribution in [3.8, 4) is 0 Å². The molecule has 4 nitrogen and oxygen atoms in total. The lowest BCUT2D eigenvalue weighted by atomic mass is 10.2. The van der Waals surface area contributed by atoms with Crippen molar-refractivity contribution in [2.75, 3.05) is 6.54 Å². The molecule has 0 bridgehead atoms. The molecule has 0 radical (unpaired) electrons. The van der Waals surface area contributed by atoms with Crippen LogP contribution in [-0.2, 0) is 11.3 Å². The predicted octanol–water partition coefficient (Wildman–Crippen LogP) is 0.564. The van der Waals surface area contributed by atoms with Crippen molar-refractivity contribution < 1.29 is 9.90 Å². The van der Waals surface area contributed by atoms with Crippen LogP contribution in [0.1, 0.15) is 11.3 Å². The number of hydrogen-bond acceptors (Lipinski definition) is 3. The SMILES string of the molecule is Cc1ccc(CNCC(=O)O)cn1. The minimum Gasteiger partial charge on any atom is -0.480 e. The van der Waals surface area contributed by atoms with Crippen molar-refractivity contribution in [1.82, 2.24) is 10.3 Å². The summed E-state index contributed by atoms with van der Waals surface area (Å²) in [7, 11) is 0. The lowest BCUT2D eigenvalue weighted by Gasteiger charge is -2.01. The van der Waals surface area contributed by atoms with E-state index in [9.17, 15) is 4.79 Å². The van der Waals surface area contributed by atoms with Crippen LogP contribution in [0.2, 0.25) is 0 Å². The molecule has 0 unspecified atom stereocenters. The second-order valence-electron chi connectivity index (χ2n) is 2.81. The molecule has 0 amide bonds. The monoisotopic (exact) mass is 180 g/mol. The molecule has 0 spiro atoms. The number of rotatable bonds is 4. The molecule has 0 aliphatic rings. The topological polar surface area (TPSA) is 62.2 Å². The van der Waals surface area contributed by atoms with E-state index in [1.807, 2.05) is 19.1 Å². The van der Waals surface area contributed by atoms with Gasteiger partial charge in [-0.2, -0.15) is 0 Å². The van der Waals surface area contributed by atoms with E-state index in [4.69, 9.17) is 5.11 Å². The summed E-state index contributed by atoms with van der Waals surface area (Å²) in [5, 5.41) is 11.1. The lowest BCUT2D eigenvalue weighted by molar-refractivity contribution is -0.135. The van der Waals surface area contributed by atoms with Gasteiger partial charge in [-0.1, -0.05) is 6.07 Å². The molecule has 0 atom stereocenters. The maximum atomic E-state index is 10.2. The molecule has 1 rings (SSSR count). The van der Waals surface area contributed by atoms with Crippen molar-refractivity contribution in [2.45, 2.75) is 13.5 Å². The van der Waals surface area contributed by atoms with Gasteiger partial charge in [-0.25, -0.2) is 0 Å². The van der Waals surface area contributed by atoms with E-state index in [1.54, 1.807) is 6.20 Å². The highest BCUT2D eigenvalue weighted by Gasteiger charge is 1.96. The van der Waals surface area contributed by atoms with Crippen LogP contribution in [0, 0.1) is 6.92 Å². The molecular weight excluding hydrogens is 168 g/mol. The average molecular weight is 180 g/mol. The molecule has 0 saturated carbocycles. The van der Waals surface area contributed by atoms with Crippen LogP contribution >= 0.6 is 0 Å². The van der Waals surface area contributed by atoms with Crippen molar-refractivity contribution in [3.05, 3.63) is 29.6 Å². The minimum atomic E-state index is -0.847. The van der Waals surface area contributed by atoms with E-state index in [0.29, 0.717) is 6.54 Å². The van der Waals surface area contributed by atoms with Gasteiger partial charge in [0.25, 0.3) is 0 Å². The third kappa shape index (κ3) is 3.66. The molecule has 1 heterocycles. The highest BCUT2D eigenvalue weighted by atomic mass is 16.4. The van der Waals surface area contributed by atoms with Crippen molar-refractivity contribution in [3.63, 3.8) is 0 Å². The second-order valence-corrected chi connectivity index (χ2v) is 2.81. The highest BCUT2D eigenvalue weighted by Crippen LogP contribution is 1.97. The van der Waals surface area contributed by atoms with Gasteiger partial charge in [0.2, 0.25) is 0 Å². The first kappa shape index (κ1) is 9.67. The number of aryl methyl sites for hydroxylation is 1. The zero-order chi connectivity index (χ0) is 9.68. The Hall–Kier alpha value is -1.42. The van der Waals surface area contributed by atoms with Gasteiger partial charge in [0.15, 0.2) is 0 Å². The van der Waals surface area contributed by atoms with Crippen LogP contribution in [0.5, 0.6) is 0 Å². The number of carbonyl (C=O) groups is 1. The molecule has 0 saturated heterocycles. The predicted molar refractivity (Wildman–Crippen MR) is 48.3 cm³/mol. The van der Waals surface area contributed by atoms with E-state index in [2.05, 4.69) is 10.3 Å². The summed E-state index contributed by atoms with van der Waals surface area (Å²) >= 11 is 0. The quantitative estimate of drug-likeness (QED) is 0.710. The summed E-state index contributed by atoms with van der Waals surface area (Å²) in [4.78, 5) is 14.3. The smallest absolute Gasteiger partial charge is 0.317 e. The maximum absolute atomic E-state index is 10.2. The lowest BCUT2D eigenvalue weighted by Crippen LogP contribution is -2.21. The Labute approximate surface area is 76.6 Å². The first-order valence-electron chi connectivity index (χ1n) is 4.02. The van der Waals surface area contributed by atoms with Crippen molar-refractivity contribution >= 4 is 5.97 Å². The maximum Gasteiger partial charge on any atom is 0.317 e. The first-order valence-corrected chi connectivity index (χ1v) is 4.02. The summed E-state index contributed by atoms with van der Waals surface area (Å²) in [5.41, 5.74) is 1.95. The summed E-state index contributed by atoms with van der Waals surface area (Å²) < 4.78 is 0. The number of aliphatic carboxylic acids is 1. The number of nitrogens with one attached hydrogen (secondary N) is 1. The molecule has 0 aromatic carbocycles. The van der Waals surface area contributed by atoms with Crippen molar-refractivity contribution in [2.24, 2.45) is 0 Å². The zero-order valence-corrected chi connectivity index (χ0v) is 7.45. The normalized spacial score (nSPS) is 9.92. The molecular formula is C9H12N2O2. The van der Waals surface area contributed by atoms with E-state index < -0.39 is 5.97 Å². The van der Waals surface area contributed by atoms with Crippen LogP contribution in [0.15, 0.2) is 18.3 Å². The number of hydrogen-bond donors (Lipinski definition) is 2. The standard InChI is InChI=1S/C9H12N2O2/c1-7-2-3-8(5-11-7)4-10-6-9(12)13/h2-3,5,10H,4,6H2,1H3,(H,12,13). The van der Waals surface area contributed by atoms with Gasteiger partial charge in [0.05, 0.1) is 6.54 Å². The number of carboxylic acid groups (broad SMARTS) is 1. The highest BCUT2D eigenvalue weighted by molar-refractivity contribution is 5.68. The summed E-state index contributed by atoms with van der Waals surface area (Å²) in [6.45, 7) is 2.43. The molecule has 0 aliphatic heterocycles. The fourth-order valence-corrected chi connectivity index (χ4v) is 0.917. The van der Waals surface area contributed by atoms with Crippen LogP contribution in [0.4, 0.5) is 0 Å². The van der Waals surface area contributed by atoms with Crippen LogP contribution in [-0.4, -0.2) is 22.6 Å². The van der Waals surface area contributed by atoms with Crippen molar-refractivity contribution in [1.29, 1.82) is 0 Å². The Morgan fingerprint density at radius 1 is 1.62 bits per heavy atom. The van der Waals surface area contributed by atoms with E-state index in [1.165, 1.54) is 0 Å². The number of pyridine rings is 1. The fraction of sp³-hybridized carbons (Fsp3) is 0.333. The molecule has 70 valence electrons. The van der Waals surface area contributed by atoms with Gasteiger partial charge in [-0.3, -0.25) is 9.78 Å². The molecule has 13 heavy (non-hydrogen) atoms. The Morgan fingerprint density at radius 2 is 2.38 bits per heavy atom. The van der Waals surface area contributed by atoms with E-state index in [-0.39, 0.29) is 6.54 Å². The second kappa shape index (κ2) is 4.57. The summed E-state index contributed by atoms with van der Waals surface area (Å²) in [6.07, 6.45) is 1.74. The van der Waals surface area contributed by atoms with E-state index in [0.717, 1.165) is 11.3 Å². The Morgan fingerprint density at radius 3 is 2.92 bits per heavy atom. The third-order valence-electron chi connectivity index (χ3n) is 1.58. The number of aromatic nitrogens is 1. The molecule has 0 aliphatic carbocycles. The first-order chi connectivity index (χ1) is 6.18. The zero-order valence-electron chi connectivity index (χ0n) is 7.45. The summed E-state index contributed by atoms with van der Waals surface area (Å²) in [6, 6.07) is 3.83. The molecule has 1 aromatic heterocycles. The number of carboxylic acids is 1. The Bertz CT molecular complexity index is 282. The van der Waals surface area contributed by atoms with Crippen LogP contribution in [0.3, 0.4) is 0 Å². The fourth-order valence-electron chi connectivity index (χ4n) is 0.917. The average Bonchev–Trinajstić information content (AvgIpc) is 2.08. The van der Waals surface area contributed by atoms with Crippen LogP contribution < -0.4 is 5.32 Å². The molecule has 2 N–H and O–H groups in total. The van der Waals surface area contributed by atoms with Gasteiger partial charge in [-0.15, -0.1) is 0 Å². The van der Waals surface area contributed by atoms with Gasteiger partial charge < -0.3 is 10.4 Å². The molecule has 0 fully saturated rings. The van der Waals surface area contributed by atoms with Gasteiger partial charge in [0.1, 0.15) is 0 Å².